The minimum Gasteiger partial charge on any atom is -0.497 e. The molecule has 1 N–H and O–H groups in total. The number of nitrogens with zero attached hydrogens (tertiary/aromatic N) is 1. The highest BCUT2D eigenvalue weighted by atomic mass is 35.5. The average Bonchev–Trinajstić information content (AvgIpc) is 2.83. The Morgan fingerprint density at radius 2 is 1.76 bits per heavy atom. The van der Waals surface area contributed by atoms with Crippen molar-refractivity contribution < 1.29 is 17.9 Å². The normalized spacial score (nSPS) is 17.8. The molecule has 1 heterocycles. The highest BCUT2D eigenvalue weighted by Gasteiger charge is 2.40. The number of carbonyl (C=O) groups excluding carboxylic acids is 1. The van der Waals surface area contributed by atoms with E-state index in [0.29, 0.717) is 22.1 Å². The summed E-state index contributed by atoms with van der Waals surface area (Å²) < 4.78 is 29.7. The van der Waals surface area contributed by atoms with Gasteiger partial charge in [0.2, 0.25) is 9.84 Å². The maximum atomic E-state index is 12.5. The topological polar surface area (TPSA) is 75.7 Å². The van der Waals surface area contributed by atoms with Crippen LogP contribution in [0.15, 0.2) is 59.6 Å². The van der Waals surface area contributed by atoms with Crippen LogP contribution in [0.5, 0.6) is 5.75 Å². The first kappa shape index (κ1) is 17.3. The van der Waals surface area contributed by atoms with Crippen molar-refractivity contribution in [3.8, 4) is 5.75 Å². The minimum absolute atomic E-state index is 0.279. The van der Waals surface area contributed by atoms with Gasteiger partial charge < -0.3 is 10.1 Å². The zero-order chi connectivity index (χ0) is 18.0. The molecule has 0 unspecified atom stereocenters. The second-order valence-electron chi connectivity index (χ2n) is 5.33. The molecule has 1 fully saturated rings. The Bertz CT molecular complexity index is 922. The number of amides is 1. The highest BCUT2D eigenvalue weighted by molar-refractivity contribution is 7.97. The smallest absolute Gasteiger partial charge is 0.272 e. The molecule has 0 aliphatic carbocycles. The van der Waals surface area contributed by atoms with E-state index in [1.54, 1.807) is 55.6 Å². The maximum absolute atomic E-state index is 12.5. The van der Waals surface area contributed by atoms with E-state index in [0.717, 1.165) is 0 Å². The fraction of sp³-hybridized carbons (Fsp3) is 0.118. The van der Waals surface area contributed by atoms with Crippen molar-refractivity contribution in [1.29, 1.82) is 0 Å². The number of anilines is 2. The van der Waals surface area contributed by atoms with Crippen molar-refractivity contribution in [2.75, 3.05) is 23.2 Å². The van der Waals surface area contributed by atoms with Crippen molar-refractivity contribution in [3.05, 3.63) is 64.7 Å². The molecule has 1 amide bonds. The number of nitrogens with one attached hydrogen (secondary N) is 1. The molecule has 0 atom stereocenters. The van der Waals surface area contributed by atoms with Crippen molar-refractivity contribution in [3.63, 3.8) is 0 Å². The van der Waals surface area contributed by atoms with Gasteiger partial charge in [-0.2, -0.15) is 0 Å². The summed E-state index contributed by atoms with van der Waals surface area (Å²) in [5.41, 5.74) is 1.12. The first-order valence-electron chi connectivity index (χ1n) is 7.32. The maximum Gasteiger partial charge on any atom is 0.272 e. The quantitative estimate of drug-likeness (QED) is 0.827. The number of hydrogen-bond acceptors (Lipinski definition) is 5. The molecule has 2 aromatic rings. The summed E-state index contributed by atoms with van der Waals surface area (Å²) in [7, 11) is -2.15. The highest BCUT2D eigenvalue weighted by Crippen LogP contribution is 2.28. The number of methoxy groups -OCH3 is 1. The van der Waals surface area contributed by atoms with E-state index in [4.69, 9.17) is 16.3 Å². The second-order valence-corrected chi connectivity index (χ2v) is 7.70. The third-order valence-electron chi connectivity index (χ3n) is 3.69. The molecule has 6 nitrogen and oxygen atoms in total. The van der Waals surface area contributed by atoms with E-state index < -0.39 is 21.6 Å². The van der Waals surface area contributed by atoms with Crippen LogP contribution in [0.1, 0.15) is 0 Å². The Morgan fingerprint density at radius 3 is 2.36 bits per heavy atom. The fourth-order valence-electron chi connectivity index (χ4n) is 2.36. The van der Waals surface area contributed by atoms with E-state index in [-0.39, 0.29) is 4.91 Å². The number of rotatable bonds is 4. The van der Waals surface area contributed by atoms with Crippen LogP contribution in [0.3, 0.4) is 0 Å². The van der Waals surface area contributed by atoms with Gasteiger partial charge >= 0.3 is 0 Å². The lowest BCUT2D eigenvalue weighted by Gasteiger charge is -2.13. The van der Waals surface area contributed by atoms with E-state index in [1.807, 2.05) is 0 Å². The Kier molecular flexibility index (Phi) is 4.69. The Hall–Kier alpha value is -2.51. The third-order valence-corrected chi connectivity index (χ3v) is 5.50. The van der Waals surface area contributed by atoms with E-state index in [2.05, 4.69) is 5.32 Å². The van der Waals surface area contributed by atoms with Gasteiger partial charge in [-0.1, -0.05) is 11.6 Å². The van der Waals surface area contributed by atoms with Crippen LogP contribution < -0.4 is 15.0 Å². The van der Waals surface area contributed by atoms with Crippen LogP contribution in [0.2, 0.25) is 5.02 Å². The SMILES string of the molecule is COc1ccc(NC=C2C(=O)N(c3ccc(Cl)cc3)CS2(=O)=O)cc1. The summed E-state index contributed by atoms with van der Waals surface area (Å²) in [5.74, 6) is -0.302. The second kappa shape index (κ2) is 6.78. The largest absolute Gasteiger partial charge is 0.497 e. The molecule has 0 bridgehead atoms. The molecule has 0 radical (unpaired) electrons. The molecule has 130 valence electrons. The summed E-state index contributed by atoms with van der Waals surface area (Å²) in [6, 6.07) is 13.3. The van der Waals surface area contributed by atoms with Crippen LogP contribution in [-0.2, 0) is 14.6 Å². The molecular formula is C17H15ClN2O4S. The minimum atomic E-state index is -3.71. The Labute approximate surface area is 150 Å². The van der Waals surface area contributed by atoms with Crippen molar-refractivity contribution in [2.45, 2.75) is 0 Å². The zero-order valence-electron chi connectivity index (χ0n) is 13.3. The molecule has 25 heavy (non-hydrogen) atoms. The monoisotopic (exact) mass is 378 g/mol. The summed E-state index contributed by atoms with van der Waals surface area (Å²) >= 11 is 5.83. The molecule has 0 aromatic heterocycles. The fourth-order valence-corrected chi connectivity index (χ4v) is 3.85. The molecule has 8 heteroatoms. The van der Waals surface area contributed by atoms with Gasteiger partial charge in [0.1, 0.15) is 16.5 Å². The summed E-state index contributed by atoms with van der Waals surface area (Å²) in [5, 5.41) is 3.35. The first-order valence-corrected chi connectivity index (χ1v) is 9.35. The third kappa shape index (κ3) is 3.62. The summed E-state index contributed by atoms with van der Waals surface area (Å²) in [4.78, 5) is 13.4. The number of ether oxygens (including phenoxy) is 1. The van der Waals surface area contributed by atoms with E-state index in [1.165, 1.54) is 11.1 Å². The Balaban J connectivity index is 1.84. The van der Waals surface area contributed by atoms with Crippen molar-refractivity contribution >= 4 is 38.7 Å². The first-order chi connectivity index (χ1) is 11.9. The van der Waals surface area contributed by atoms with Gasteiger partial charge in [0.25, 0.3) is 5.91 Å². The van der Waals surface area contributed by atoms with Crippen LogP contribution >= 0.6 is 11.6 Å². The van der Waals surface area contributed by atoms with Crippen LogP contribution in [0.4, 0.5) is 11.4 Å². The molecule has 2 aromatic carbocycles. The summed E-state index contributed by atoms with van der Waals surface area (Å²) in [6.07, 6.45) is 1.22. The lowest BCUT2D eigenvalue weighted by Crippen LogP contribution is -2.24. The molecule has 0 saturated carbocycles. The number of sulfone groups is 1. The van der Waals surface area contributed by atoms with Gasteiger partial charge in [-0.3, -0.25) is 9.69 Å². The molecule has 0 spiro atoms. The molecule has 1 aliphatic heterocycles. The number of halogens is 1. The molecule has 1 aliphatic rings. The van der Waals surface area contributed by atoms with Gasteiger partial charge in [0.15, 0.2) is 0 Å². The van der Waals surface area contributed by atoms with Gasteiger partial charge in [-0.25, -0.2) is 8.42 Å². The summed E-state index contributed by atoms with van der Waals surface area (Å²) in [6.45, 7) is 0. The van der Waals surface area contributed by atoms with Gasteiger partial charge in [0, 0.05) is 22.6 Å². The van der Waals surface area contributed by atoms with Crippen LogP contribution in [0.25, 0.3) is 0 Å². The van der Waals surface area contributed by atoms with Gasteiger partial charge in [-0.15, -0.1) is 0 Å². The van der Waals surface area contributed by atoms with E-state index >= 15 is 0 Å². The van der Waals surface area contributed by atoms with Crippen molar-refractivity contribution in [1.82, 2.24) is 0 Å². The van der Waals surface area contributed by atoms with E-state index in [9.17, 15) is 13.2 Å². The number of carbonyl (C=O) groups is 1. The predicted octanol–water partition coefficient (Wildman–Crippen LogP) is 3.02. The number of benzene rings is 2. The Morgan fingerprint density at radius 1 is 1.12 bits per heavy atom. The standard InChI is InChI=1S/C17H15ClN2O4S/c1-24-15-8-4-13(5-9-15)19-10-16-17(21)20(11-25(16,22)23)14-6-2-12(18)3-7-14/h2-10,19H,11H2,1H3. The van der Waals surface area contributed by atoms with Gasteiger partial charge in [0.05, 0.1) is 7.11 Å². The molecule has 3 rings (SSSR count). The average molecular weight is 379 g/mol. The zero-order valence-corrected chi connectivity index (χ0v) is 14.8. The lowest BCUT2D eigenvalue weighted by atomic mass is 10.3. The van der Waals surface area contributed by atoms with Gasteiger partial charge in [-0.05, 0) is 48.5 Å². The number of hydrogen-bond donors (Lipinski definition) is 1. The predicted molar refractivity (Wildman–Crippen MR) is 97.4 cm³/mol. The molecule has 1 saturated heterocycles. The van der Waals surface area contributed by atoms with Crippen LogP contribution in [-0.4, -0.2) is 27.3 Å². The molecular weight excluding hydrogens is 364 g/mol. The van der Waals surface area contributed by atoms with Crippen LogP contribution in [0, 0.1) is 0 Å². The van der Waals surface area contributed by atoms with Crippen molar-refractivity contribution in [2.24, 2.45) is 0 Å². The lowest BCUT2D eigenvalue weighted by molar-refractivity contribution is -0.114.